The van der Waals surface area contributed by atoms with Crippen LogP contribution in [-0.2, 0) is 14.9 Å². The number of amides is 1. The minimum Gasteiger partial charge on any atom is -0.497 e. The van der Waals surface area contributed by atoms with E-state index in [9.17, 15) is 9.90 Å². The number of methoxy groups -OCH3 is 2. The van der Waals surface area contributed by atoms with E-state index in [0.29, 0.717) is 13.1 Å². The van der Waals surface area contributed by atoms with E-state index in [4.69, 9.17) is 9.47 Å². The fourth-order valence-corrected chi connectivity index (χ4v) is 4.80. The van der Waals surface area contributed by atoms with Crippen molar-refractivity contribution >= 4 is 5.91 Å². The molecule has 1 amide bonds. The normalized spacial score (nSPS) is 29.2. The number of aliphatic hydroxyl groups is 1. The first-order valence-corrected chi connectivity index (χ1v) is 9.20. The Kier molecular flexibility index (Phi) is 4.04. The maximum atomic E-state index is 13.2. The number of carbonyl (C=O) groups is 1. The van der Waals surface area contributed by atoms with Crippen LogP contribution in [-0.4, -0.2) is 55.4 Å². The molecule has 136 valence electrons. The molecule has 25 heavy (non-hydrogen) atoms. The molecule has 1 saturated heterocycles. The molecule has 4 rings (SSSR count). The fourth-order valence-electron chi connectivity index (χ4n) is 4.80. The highest BCUT2D eigenvalue weighted by Crippen LogP contribution is 2.53. The number of rotatable bonds is 4. The topological polar surface area (TPSA) is 59.0 Å². The molecular formula is C20H27NO4. The van der Waals surface area contributed by atoms with Crippen molar-refractivity contribution in [3.8, 4) is 5.75 Å². The first kappa shape index (κ1) is 16.9. The van der Waals surface area contributed by atoms with Crippen LogP contribution < -0.4 is 4.74 Å². The molecule has 1 heterocycles. The van der Waals surface area contributed by atoms with E-state index in [0.717, 1.165) is 43.4 Å². The van der Waals surface area contributed by atoms with Gasteiger partial charge in [0.15, 0.2) is 0 Å². The molecule has 3 fully saturated rings. The van der Waals surface area contributed by atoms with Gasteiger partial charge in [0.1, 0.15) is 5.75 Å². The average molecular weight is 345 g/mol. The predicted molar refractivity (Wildman–Crippen MR) is 93.6 cm³/mol. The van der Waals surface area contributed by atoms with E-state index < -0.39 is 0 Å². The number of carbonyl (C=O) groups excluding carboxylic acids is 1. The zero-order chi connectivity index (χ0) is 17.7. The van der Waals surface area contributed by atoms with Gasteiger partial charge in [0.2, 0.25) is 5.91 Å². The van der Waals surface area contributed by atoms with Gasteiger partial charge in [-0.1, -0.05) is 12.1 Å². The molecule has 1 N–H and O–H groups in total. The second kappa shape index (κ2) is 5.99. The third kappa shape index (κ3) is 2.48. The van der Waals surface area contributed by atoms with Gasteiger partial charge >= 0.3 is 0 Å². The van der Waals surface area contributed by atoms with Gasteiger partial charge in [-0.15, -0.1) is 0 Å². The summed E-state index contributed by atoms with van der Waals surface area (Å²) in [5, 5.41) is 10.3. The van der Waals surface area contributed by atoms with Crippen LogP contribution in [0.4, 0.5) is 0 Å². The number of piperidine rings is 1. The van der Waals surface area contributed by atoms with Crippen LogP contribution >= 0.6 is 0 Å². The number of likely N-dealkylation sites (tertiary alicyclic amines) is 1. The average Bonchev–Trinajstić information content (AvgIpc) is 3.47. The number of ether oxygens (including phenoxy) is 2. The van der Waals surface area contributed by atoms with Gasteiger partial charge in [-0.2, -0.15) is 0 Å². The molecule has 0 aromatic heterocycles. The molecule has 1 aromatic carbocycles. The summed E-state index contributed by atoms with van der Waals surface area (Å²) >= 11 is 0. The van der Waals surface area contributed by atoms with Crippen molar-refractivity contribution in [2.75, 3.05) is 27.3 Å². The molecule has 2 atom stereocenters. The molecule has 0 unspecified atom stereocenters. The fraction of sp³-hybridized carbons (Fsp3) is 0.650. The van der Waals surface area contributed by atoms with Crippen LogP contribution in [0.15, 0.2) is 24.3 Å². The van der Waals surface area contributed by atoms with Gasteiger partial charge in [-0.05, 0) is 43.4 Å². The summed E-state index contributed by atoms with van der Waals surface area (Å²) in [6, 6.07) is 7.90. The lowest BCUT2D eigenvalue weighted by Crippen LogP contribution is -2.63. The SMILES string of the molecule is COc1ccc(C2(C(=O)N3CCC4(CC3)[C@H](O)C[C@@H]4OC)CC2)cc1. The molecular weight excluding hydrogens is 318 g/mol. The number of nitrogens with zero attached hydrogens (tertiary/aromatic N) is 1. The lowest BCUT2D eigenvalue weighted by Gasteiger charge is -2.56. The third-order valence-corrected chi connectivity index (χ3v) is 6.81. The van der Waals surface area contributed by atoms with E-state index in [1.807, 2.05) is 29.2 Å². The van der Waals surface area contributed by atoms with Gasteiger partial charge in [0.25, 0.3) is 0 Å². The van der Waals surface area contributed by atoms with Crippen LogP contribution in [0.3, 0.4) is 0 Å². The quantitative estimate of drug-likeness (QED) is 0.908. The summed E-state index contributed by atoms with van der Waals surface area (Å²) in [4.78, 5) is 15.2. The van der Waals surface area contributed by atoms with Crippen molar-refractivity contribution in [2.24, 2.45) is 5.41 Å². The summed E-state index contributed by atoms with van der Waals surface area (Å²) in [6.07, 6.45) is 4.07. The predicted octanol–water partition coefficient (Wildman–Crippen LogP) is 2.12. The van der Waals surface area contributed by atoms with Crippen LogP contribution in [0.2, 0.25) is 0 Å². The summed E-state index contributed by atoms with van der Waals surface area (Å²) in [7, 11) is 3.37. The monoisotopic (exact) mass is 345 g/mol. The standard InChI is InChI=1S/C20H27NO4/c1-24-15-5-3-14(4-6-15)19(7-8-19)18(23)21-11-9-20(10-12-21)16(22)13-17(20)25-2/h3-6,16-17,22H,7-13H2,1-2H3/t16-,17+/m1/s1. The van der Waals surface area contributed by atoms with Crippen LogP contribution in [0, 0.1) is 5.41 Å². The van der Waals surface area contributed by atoms with Crippen molar-refractivity contribution in [1.29, 1.82) is 0 Å². The smallest absolute Gasteiger partial charge is 0.233 e. The Hall–Kier alpha value is -1.59. The Morgan fingerprint density at radius 3 is 2.24 bits per heavy atom. The maximum absolute atomic E-state index is 13.2. The van der Waals surface area contributed by atoms with Crippen molar-refractivity contribution in [3.05, 3.63) is 29.8 Å². The van der Waals surface area contributed by atoms with Gasteiger partial charge in [-0.25, -0.2) is 0 Å². The molecule has 2 saturated carbocycles. The van der Waals surface area contributed by atoms with E-state index in [1.165, 1.54) is 0 Å². The van der Waals surface area contributed by atoms with Crippen molar-refractivity contribution in [1.82, 2.24) is 4.90 Å². The molecule has 0 radical (unpaired) electrons. The van der Waals surface area contributed by atoms with Gasteiger partial charge in [0.05, 0.1) is 24.7 Å². The number of aliphatic hydroxyl groups excluding tert-OH is 1. The van der Waals surface area contributed by atoms with E-state index in [1.54, 1.807) is 14.2 Å². The second-order valence-electron chi connectivity index (χ2n) is 7.81. The van der Waals surface area contributed by atoms with Crippen LogP contribution in [0.1, 0.15) is 37.7 Å². The summed E-state index contributed by atoms with van der Waals surface area (Å²) in [6.45, 7) is 1.43. The largest absolute Gasteiger partial charge is 0.497 e. The Balaban J connectivity index is 1.45. The molecule has 1 aromatic rings. The Morgan fingerprint density at radius 2 is 1.76 bits per heavy atom. The minimum absolute atomic E-state index is 0.135. The van der Waals surface area contributed by atoms with Gasteiger partial charge in [0, 0.05) is 32.0 Å². The number of hydrogen-bond donors (Lipinski definition) is 1. The number of hydrogen-bond acceptors (Lipinski definition) is 4. The molecule has 5 nitrogen and oxygen atoms in total. The van der Waals surface area contributed by atoms with E-state index in [2.05, 4.69) is 0 Å². The molecule has 0 bridgehead atoms. The summed E-state index contributed by atoms with van der Waals surface area (Å²) in [5.41, 5.74) is 0.620. The van der Waals surface area contributed by atoms with Gasteiger partial charge < -0.3 is 19.5 Å². The molecule has 5 heteroatoms. The van der Waals surface area contributed by atoms with Gasteiger partial charge in [-0.3, -0.25) is 4.79 Å². The highest BCUT2D eigenvalue weighted by molar-refractivity contribution is 5.91. The Morgan fingerprint density at radius 1 is 1.12 bits per heavy atom. The second-order valence-corrected chi connectivity index (χ2v) is 7.81. The maximum Gasteiger partial charge on any atom is 0.233 e. The first-order chi connectivity index (χ1) is 12.1. The lowest BCUT2D eigenvalue weighted by molar-refractivity contribution is -0.202. The summed E-state index contributed by atoms with van der Waals surface area (Å²) in [5.74, 6) is 1.06. The minimum atomic E-state index is -0.338. The van der Waals surface area contributed by atoms with E-state index in [-0.39, 0.29) is 28.9 Å². The zero-order valence-electron chi connectivity index (χ0n) is 15.0. The van der Waals surface area contributed by atoms with Crippen molar-refractivity contribution in [2.45, 2.75) is 49.7 Å². The highest BCUT2D eigenvalue weighted by atomic mass is 16.5. The zero-order valence-corrected chi connectivity index (χ0v) is 15.0. The molecule has 1 spiro atoms. The number of benzene rings is 1. The molecule has 1 aliphatic heterocycles. The highest BCUT2D eigenvalue weighted by Gasteiger charge is 2.58. The molecule has 2 aliphatic carbocycles. The van der Waals surface area contributed by atoms with Crippen molar-refractivity contribution in [3.63, 3.8) is 0 Å². The van der Waals surface area contributed by atoms with Crippen molar-refractivity contribution < 1.29 is 19.4 Å². The lowest BCUT2D eigenvalue weighted by atomic mass is 9.58. The van der Waals surface area contributed by atoms with E-state index >= 15 is 0 Å². The Labute approximate surface area is 148 Å². The Bertz CT molecular complexity index is 644. The van der Waals surface area contributed by atoms with Crippen LogP contribution in [0.5, 0.6) is 5.75 Å². The summed E-state index contributed by atoms with van der Waals surface area (Å²) < 4.78 is 10.8. The molecule has 3 aliphatic rings. The van der Waals surface area contributed by atoms with Crippen LogP contribution in [0.25, 0.3) is 0 Å². The first-order valence-electron chi connectivity index (χ1n) is 9.20. The third-order valence-electron chi connectivity index (χ3n) is 6.81.